The van der Waals surface area contributed by atoms with Crippen LogP contribution in [-0.2, 0) is 7.05 Å². The molecule has 27 heavy (non-hydrogen) atoms. The van der Waals surface area contributed by atoms with E-state index in [1.54, 1.807) is 0 Å². The molecule has 132 valence electrons. The van der Waals surface area contributed by atoms with E-state index in [2.05, 4.69) is 16.0 Å². The molecule has 0 saturated carbocycles. The first kappa shape index (κ1) is 17.1. The van der Waals surface area contributed by atoms with Crippen molar-refractivity contribution in [1.29, 1.82) is 5.26 Å². The summed E-state index contributed by atoms with van der Waals surface area (Å²) in [6.07, 6.45) is 0. The first-order chi connectivity index (χ1) is 13.2. The molecule has 0 aliphatic rings. The summed E-state index contributed by atoms with van der Waals surface area (Å²) in [6.45, 7) is 0. The van der Waals surface area contributed by atoms with Crippen LogP contribution in [-0.4, -0.2) is 25.4 Å². The molecule has 0 unspecified atom stereocenters. The number of thioether (sulfide) groups is 1. The molecule has 2 aromatic heterocycles. The molecule has 0 spiro atoms. The fourth-order valence-corrected chi connectivity index (χ4v) is 3.71. The highest BCUT2D eigenvalue weighted by atomic mass is 32.2. The monoisotopic (exact) mass is 372 g/mol. The number of aliphatic hydroxyl groups is 1. The fraction of sp³-hybridized carbons (Fsp3) is 0.0952. The van der Waals surface area contributed by atoms with Gasteiger partial charge in [-0.15, -0.1) is 0 Å². The molecular weight excluding hydrogens is 356 g/mol. The molecule has 0 atom stereocenters. The largest absolute Gasteiger partial charge is 0.510 e. The van der Waals surface area contributed by atoms with Gasteiger partial charge in [-0.2, -0.15) is 5.26 Å². The first-order valence-corrected chi connectivity index (χ1v) is 9.38. The zero-order valence-electron chi connectivity index (χ0n) is 14.6. The van der Waals surface area contributed by atoms with Crippen LogP contribution in [0.2, 0.25) is 0 Å². The van der Waals surface area contributed by atoms with Crippen molar-refractivity contribution in [2.24, 2.45) is 7.05 Å². The standard InChI is InChI=1S/C21H16N4OS/c1-25-18-9-5-4-8-17(18)24-21(25)15(12-22)19(26)13-27-20-11-10-14-6-2-3-7-16(14)23-20/h2-11,26H,13H2,1H3/b19-15+. The lowest BCUT2D eigenvalue weighted by atomic mass is 10.2. The van der Waals surface area contributed by atoms with Crippen LogP contribution in [0.5, 0.6) is 0 Å². The minimum atomic E-state index is -0.00383. The van der Waals surface area contributed by atoms with Gasteiger partial charge >= 0.3 is 0 Å². The number of hydrogen-bond acceptors (Lipinski definition) is 5. The summed E-state index contributed by atoms with van der Waals surface area (Å²) >= 11 is 1.39. The number of allylic oxidation sites excluding steroid dienone is 1. The minimum Gasteiger partial charge on any atom is -0.510 e. The maximum Gasteiger partial charge on any atom is 0.155 e. The zero-order chi connectivity index (χ0) is 18.8. The molecule has 2 heterocycles. The van der Waals surface area contributed by atoms with Gasteiger partial charge in [-0.3, -0.25) is 0 Å². The number of benzene rings is 2. The molecule has 5 nitrogen and oxygen atoms in total. The second-order valence-corrected chi connectivity index (χ2v) is 7.04. The first-order valence-electron chi connectivity index (χ1n) is 8.40. The van der Waals surface area contributed by atoms with Gasteiger partial charge in [0.05, 0.1) is 27.3 Å². The number of nitriles is 1. The zero-order valence-corrected chi connectivity index (χ0v) is 15.4. The lowest BCUT2D eigenvalue weighted by Gasteiger charge is -2.06. The van der Waals surface area contributed by atoms with Gasteiger partial charge in [-0.25, -0.2) is 9.97 Å². The van der Waals surface area contributed by atoms with E-state index in [9.17, 15) is 10.4 Å². The summed E-state index contributed by atoms with van der Waals surface area (Å²) in [4.78, 5) is 9.08. The molecule has 2 aromatic carbocycles. The second kappa shape index (κ2) is 7.14. The van der Waals surface area contributed by atoms with Crippen LogP contribution in [0.3, 0.4) is 0 Å². The number of hydrogen-bond donors (Lipinski definition) is 1. The molecular formula is C21H16N4OS. The van der Waals surface area contributed by atoms with E-state index >= 15 is 0 Å². The summed E-state index contributed by atoms with van der Waals surface area (Å²) in [5.74, 6) is 0.705. The molecule has 6 heteroatoms. The molecule has 0 aliphatic heterocycles. The Balaban J connectivity index is 1.63. The van der Waals surface area contributed by atoms with Crippen molar-refractivity contribution in [3.05, 3.63) is 72.2 Å². The SMILES string of the molecule is Cn1c(/C(C#N)=C(/O)CSc2ccc3ccccc3n2)nc2ccccc21. The van der Waals surface area contributed by atoms with E-state index in [1.807, 2.05) is 72.3 Å². The Kier molecular flexibility index (Phi) is 4.53. The van der Waals surface area contributed by atoms with Crippen molar-refractivity contribution in [2.45, 2.75) is 5.03 Å². The van der Waals surface area contributed by atoms with E-state index in [0.29, 0.717) is 5.82 Å². The molecule has 0 amide bonds. The van der Waals surface area contributed by atoms with Crippen LogP contribution < -0.4 is 0 Å². The third-order valence-corrected chi connectivity index (χ3v) is 5.28. The van der Waals surface area contributed by atoms with E-state index in [4.69, 9.17) is 0 Å². The third-order valence-electron chi connectivity index (χ3n) is 4.34. The van der Waals surface area contributed by atoms with Crippen molar-refractivity contribution in [2.75, 3.05) is 5.75 Å². The maximum atomic E-state index is 10.5. The van der Waals surface area contributed by atoms with Gasteiger partial charge in [-0.05, 0) is 24.3 Å². The van der Waals surface area contributed by atoms with Crippen LogP contribution in [0.4, 0.5) is 0 Å². The quantitative estimate of drug-likeness (QED) is 0.319. The Labute approximate surface area is 160 Å². The number of aliphatic hydroxyl groups excluding tert-OH is 1. The molecule has 0 saturated heterocycles. The Morgan fingerprint density at radius 1 is 1.04 bits per heavy atom. The van der Waals surface area contributed by atoms with Crippen LogP contribution in [0.25, 0.3) is 27.5 Å². The van der Waals surface area contributed by atoms with Crippen LogP contribution in [0.15, 0.2) is 71.4 Å². The molecule has 4 rings (SSSR count). The predicted molar refractivity (Wildman–Crippen MR) is 108 cm³/mol. The Hall–Kier alpha value is -3.30. The minimum absolute atomic E-state index is 0.00383. The summed E-state index contributed by atoms with van der Waals surface area (Å²) in [7, 11) is 1.84. The molecule has 0 bridgehead atoms. The fourth-order valence-electron chi connectivity index (χ4n) is 2.95. The third kappa shape index (κ3) is 3.25. The number of rotatable bonds is 4. The maximum absolute atomic E-state index is 10.5. The number of aromatic nitrogens is 3. The second-order valence-electron chi connectivity index (χ2n) is 6.05. The highest BCUT2D eigenvalue weighted by Gasteiger charge is 2.16. The van der Waals surface area contributed by atoms with Crippen LogP contribution >= 0.6 is 11.8 Å². The number of pyridine rings is 1. The lowest BCUT2D eigenvalue weighted by molar-refractivity contribution is 0.420. The van der Waals surface area contributed by atoms with Gasteiger partial charge in [0, 0.05) is 12.4 Å². The van der Waals surface area contributed by atoms with Gasteiger partial charge in [0.15, 0.2) is 5.82 Å². The molecule has 1 N–H and O–H groups in total. The van der Waals surface area contributed by atoms with Gasteiger partial charge in [-0.1, -0.05) is 48.2 Å². The number of imidazole rings is 1. The van der Waals surface area contributed by atoms with Gasteiger partial charge in [0.25, 0.3) is 0 Å². The predicted octanol–water partition coefficient (Wildman–Crippen LogP) is 4.71. The normalized spacial score (nSPS) is 12.1. The Morgan fingerprint density at radius 3 is 2.56 bits per heavy atom. The average molecular weight is 372 g/mol. The molecule has 0 aliphatic carbocycles. The van der Waals surface area contributed by atoms with Crippen molar-refractivity contribution in [3.8, 4) is 6.07 Å². The van der Waals surface area contributed by atoms with Crippen LogP contribution in [0.1, 0.15) is 5.82 Å². The van der Waals surface area contributed by atoms with E-state index < -0.39 is 0 Å². The Bertz CT molecular complexity index is 1220. The van der Waals surface area contributed by atoms with Gasteiger partial charge in [0.1, 0.15) is 17.4 Å². The summed E-state index contributed by atoms with van der Waals surface area (Å²) in [6, 6.07) is 21.5. The summed E-state index contributed by atoms with van der Waals surface area (Å²) < 4.78 is 1.82. The number of nitrogens with zero attached hydrogens (tertiary/aromatic N) is 4. The number of fused-ring (bicyclic) bond motifs is 2. The van der Waals surface area contributed by atoms with Gasteiger partial charge < -0.3 is 9.67 Å². The molecule has 4 aromatic rings. The van der Waals surface area contributed by atoms with Crippen molar-refractivity contribution in [3.63, 3.8) is 0 Å². The van der Waals surface area contributed by atoms with Gasteiger partial charge in [0.2, 0.25) is 0 Å². The van der Waals surface area contributed by atoms with E-state index in [1.165, 1.54) is 11.8 Å². The van der Waals surface area contributed by atoms with Crippen molar-refractivity contribution < 1.29 is 5.11 Å². The summed E-state index contributed by atoms with van der Waals surface area (Å²) in [5, 5.41) is 22.0. The highest BCUT2D eigenvalue weighted by molar-refractivity contribution is 7.99. The van der Waals surface area contributed by atoms with Crippen molar-refractivity contribution >= 4 is 39.3 Å². The molecule has 0 radical (unpaired) electrons. The average Bonchev–Trinajstić information content (AvgIpc) is 3.03. The van der Waals surface area contributed by atoms with E-state index in [0.717, 1.165) is 27.0 Å². The van der Waals surface area contributed by atoms with E-state index in [-0.39, 0.29) is 17.1 Å². The number of para-hydroxylation sites is 3. The number of aryl methyl sites for hydroxylation is 1. The Morgan fingerprint density at radius 2 is 1.78 bits per heavy atom. The topological polar surface area (TPSA) is 74.7 Å². The lowest BCUT2D eigenvalue weighted by Crippen LogP contribution is -2.01. The highest BCUT2D eigenvalue weighted by Crippen LogP contribution is 2.26. The smallest absolute Gasteiger partial charge is 0.155 e. The van der Waals surface area contributed by atoms with Crippen LogP contribution in [0, 0.1) is 11.3 Å². The van der Waals surface area contributed by atoms with Crippen molar-refractivity contribution in [1.82, 2.24) is 14.5 Å². The molecule has 0 fully saturated rings. The summed E-state index contributed by atoms with van der Waals surface area (Å²) in [5.41, 5.74) is 2.79.